The summed E-state index contributed by atoms with van der Waals surface area (Å²) in [5.41, 5.74) is 1.92. The van der Waals surface area contributed by atoms with Crippen LogP contribution in [0.3, 0.4) is 0 Å². The van der Waals surface area contributed by atoms with Crippen LogP contribution in [0.2, 0.25) is 0 Å². The molecule has 2 aromatic carbocycles. The van der Waals surface area contributed by atoms with Crippen molar-refractivity contribution in [2.75, 3.05) is 20.1 Å². The van der Waals surface area contributed by atoms with E-state index < -0.39 is 11.7 Å². The number of nitrogens with one attached hydrogen (secondary N) is 2. The van der Waals surface area contributed by atoms with Crippen molar-refractivity contribution in [3.63, 3.8) is 0 Å². The Balaban J connectivity index is 1.46. The number of hydrogen-bond acceptors (Lipinski definition) is 3. The van der Waals surface area contributed by atoms with Gasteiger partial charge in [-0.25, -0.2) is 0 Å². The third kappa shape index (κ3) is 5.97. The molecule has 1 fully saturated rings. The number of nitrogens with zero attached hydrogens (tertiary/aromatic N) is 3. The summed E-state index contributed by atoms with van der Waals surface area (Å²) in [6.07, 6.45) is -3.37. The fourth-order valence-corrected chi connectivity index (χ4v) is 3.42. The zero-order valence-corrected chi connectivity index (χ0v) is 16.7. The lowest BCUT2D eigenvalue weighted by molar-refractivity contribution is -0.137. The van der Waals surface area contributed by atoms with Gasteiger partial charge >= 0.3 is 6.18 Å². The lowest BCUT2D eigenvalue weighted by Crippen LogP contribution is -2.44. The minimum atomic E-state index is -4.30. The number of benzene rings is 2. The molecule has 0 radical (unpaired) electrons. The second-order valence-corrected chi connectivity index (χ2v) is 7.29. The Bertz CT molecular complexity index is 898. The van der Waals surface area contributed by atoms with Crippen LogP contribution < -0.4 is 10.6 Å². The Morgan fingerprint density at radius 2 is 1.80 bits per heavy atom. The minimum Gasteiger partial charge on any atom is -0.352 e. The van der Waals surface area contributed by atoms with Gasteiger partial charge in [0, 0.05) is 39.3 Å². The van der Waals surface area contributed by atoms with E-state index in [-0.39, 0.29) is 6.04 Å². The number of hydrogen-bond donors (Lipinski definition) is 2. The monoisotopic (exact) mass is 415 g/mol. The van der Waals surface area contributed by atoms with E-state index in [9.17, 15) is 13.2 Å². The summed E-state index contributed by atoms with van der Waals surface area (Å²) in [5.74, 6) is 0.695. The number of alkyl halides is 3. The molecule has 2 N–H and O–H groups in total. The zero-order valence-electron chi connectivity index (χ0n) is 16.7. The molecule has 0 bridgehead atoms. The van der Waals surface area contributed by atoms with Crippen LogP contribution in [0.5, 0.6) is 0 Å². The van der Waals surface area contributed by atoms with Crippen molar-refractivity contribution in [2.45, 2.75) is 31.7 Å². The van der Waals surface area contributed by atoms with E-state index in [0.29, 0.717) is 24.6 Å². The number of guanidine groups is 1. The Hall–Kier alpha value is -3.05. The Morgan fingerprint density at radius 3 is 2.40 bits per heavy atom. The molecule has 0 saturated carbocycles. The lowest BCUT2D eigenvalue weighted by Gasteiger charge is -2.19. The average Bonchev–Trinajstić information content (AvgIpc) is 3.18. The highest BCUT2D eigenvalue weighted by molar-refractivity contribution is 5.80. The van der Waals surface area contributed by atoms with E-state index in [4.69, 9.17) is 5.26 Å². The summed E-state index contributed by atoms with van der Waals surface area (Å²) in [6.45, 7) is 2.87. The predicted molar refractivity (Wildman–Crippen MR) is 110 cm³/mol. The van der Waals surface area contributed by atoms with Crippen LogP contribution in [0.25, 0.3) is 0 Å². The van der Waals surface area contributed by atoms with Gasteiger partial charge in [0.2, 0.25) is 0 Å². The number of rotatable bonds is 5. The van der Waals surface area contributed by atoms with Crippen molar-refractivity contribution in [1.82, 2.24) is 15.5 Å². The van der Waals surface area contributed by atoms with Crippen LogP contribution in [-0.2, 0) is 19.3 Å². The second-order valence-electron chi connectivity index (χ2n) is 7.29. The van der Waals surface area contributed by atoms with Crippen molar-refractivity contribution in [3.8, 4) is 6.07 Å². The van der Waals surface area contributed by atoms with E-state index in [1.807, 2.05) is 12.1 Å². The first-order valence-electron chi connectivity index (χ1n) is 9.72. The molecule has 1 aliphatic rings. The summed E-state index contributed by atoms with van der Waals surface area (Å²) >= 11 is 0. The molecular formula is C22H24F3N5. The van der Waals surface area contributed by atoms with E-state index in [1.165, 1.54) is 0 Å². The summed E-state index contributed by atoms with van der Waals surface area (Å²) in [4.78, 5) is 6.48. The number of nitriles is 1. The van der Waals surface area contributed by atoms with Gasteiger partial charge in [-0.15, -0.1) is 0 Å². The smallest absolute Gasteiger partial charge is 0.352 e. The highest BCUT2D eigenvalue weighted by atomic mass is 19.4. The third-order valence-electron chi connectivity index (χ3n) is 5.07. The molecule has 158 valence electrons. The highest BCUT2D eigenvalue weighted by Crippen LogP contribution is 2.29. The normalized spacial score (nSPS) is 17.6. The molecule has 1 heterocycles. The third-order valence-corrected chi connectivity index (χ3v) is 5.07. The summed E-state index contributed by atoms with van der Waals surface area (Å²) in [6, 6.07) is 15.0. The maximum atomic E-state index is 12.7. The van der Waals surface area contributed by atoms with Gasteiger partial charge in [0.05, 0.1) is 17.2 Å². The first-order chi connectivity index (χ1) is 14.4. The molecule has 0 spiro atoms. The van der Waals surface area contributed by atoms with Crippen molar-refractivity contribution in [3.05, 3.63) is 70.8 Å². The molecule has 8 heteroatoms. The Labute approximate surface area is 174 Å². The molecule has 3 rings (SSSR count). The molecule has 5 nitrogen and oxygen atoms in total. The summed E-state index contributed by atoms with van der Waals surface area (Å²) < 4.78 is 38.1. The number of aliphatic imine (C=N–C) groups is 1. The van der Waals surface area contributed by atoms with Gasteiger partial charge in [0.15, 0.2) is 5.96 Å². The fourth-order valence-electron chi connectivity index (χ4n) is 3.42. The maximum Gasteiger partial charge on any atom is 0.416 e. The Kier molecular flexibility index (Phi) is 6.95. The molecule has 0 aliphatic carbocycles. The van der Waals surface area contributed by atoms with Crippen LogP contribution in [0.15, 0.2) is 53.5 Å². The van der Waals surface area contributed by atoms with Gasteiger partial charge < -0.3 is 10.6 Å². The van der Waals surface area contributed by atoms with Crippen molar-refractivity contribution >= 4 is 5.96 Å². The maximum absolute atomic E-state index is 12.7. The predicted octanol–water partition coefficient (Wildman–Crippen LogP) is 3.52. The second kappa shape index (κ2) is 9.63. The molecule has 1 unspecified atom stereocenters. The zero-order chi connectivity index (χ0) is 21.6. The van der Waals surface area contributed by atoms with E-state index >= 15 is 0 Å². The van der Waals surface area contributed by atoms with Gasteiger partial charge in [-0.05, 0) is 41.8 Å². The van der Waals surface area contributed by atoms with Crippen molar-refractivity contribution in [1.29, 1.82) is 5.26 Å². The van der Waals surface area contributed by atoms with Crippen LogP contribution in [0.1, 0.15) is 28.7 Å². The van der Waals surface area contributed by atoms with Crippen LogP contribution in [-0.4, -0.2) is 37.0 Å². The lowest BCUT2D eigenvalue weighted by atomic mass is 10.1. The molecule has 0 amide bonds. The van der Waals surface area contributed by atoms with E-state index in [1.54, 1.807) is 31.3 Å². The van der Waals surface area contributed by atoms with Crippen molar-refractivity contribution < 1.29 is 13.2 Å². The van der Waals surface area contributed by atoms with Gasteiger partial charge in [-0.2, -0.15) is 18.4 Å². The first kappa shape index (κ1) is 21.7. The molecule has 30 heavy (non-hydrogen) atoms. The number of halogens is 3. The SMILES string of the molecule is CN=C(NCc1ccc(C#N)cc1)NC1CCN(Cc2ccc(C(F)(F)F)cc2)C1. The fraction of sp³-hybridized carbons (Fsp3) is 0.364. The molecule has 1 aliphatic heterocycles. The molecule has 2 aromatic rings. The van der Waals surface area contributed by atoms with Gasteiger partial charge in [0.25, 0.3) is 0 Å². The van der Waals surface area contributed by atoms with Crippen molar-refractivity contribution in [2.24, 2.45) is 4.99 Å². The van der Waals surface area contributed by atoms with Crippen LogP contribution in [0, 0.1) is 11.3 Å². The Morgan fingerprint density at radius 1 is 1.13 bits per heavy atom. The van der Waals surface area contributed by atoms with Gasteiger partial charge in [0.1, 0.15) is 0 Å². The standard InChI is InChI=1S/C22H24F3N5/c1-27-21(28-13-17-4-2-16(12-26)3-5-17)29-20-10-11-30(15-20)14-18-6-8-19(9-7-18)22(23,24)25/h2-9,20H,10-11,13-15H2,1H3,(H2,27,28,29). The molecular weight excluding hydrogens is 391 g/mol. The topological polar surface area (TPSA) is 63.5 Å². The molecule has 1 saturated heterocycles. The first-order valence-corrected chi connectivity index (χ1v) is 9.72. The average molecular weight is 415 g/mol. The van der Waals surface area contributed by atoms with Gasteiger partial charge in [-0.1, -0.05) is 24.3 Å². The summed E-state index contributed by atoms with van der Waals surface area (Å²) in [5, 5.41) is 15.5. The minimum absolute atomic E-state index is 0.214. The van der Waals surface area contributed by atoms with E-state index in [0.717, 1.165) is 42.8 Å². The summed E-state index contributed by atoms with van der Waals surface area (Å²) in [7, 11) is 1.71. The van der Waals surface area contributed by atoms with Gasteiger partial charge in [-0.3, -0.25) is 9.89 Å². The van der Waals surface area contributed by atoms with Crippen LogP contribution >= 0.6 is 0 Å². The quantitative estimate of drug-likeness (QED) is 0.580. The van der Waals surface area contributed by atoms with Crippen LogP contribution in [0.4, 0.5) is 13.2 Å². The number of likely N-dealkylation sites (tertiary alicyclic amines) is 1. The molecule has 0 aromatic heterocycles. The highest BCUT2D eigenvalue weighted by Gasteiger charge is 2.30. The largest absolute Gasteiger partial charge is 0.416 e. The van der Waals surface area contributed by atoms with E-state index in [2.05, 4.69) is 26.6 Å². The molecule has 1 atom stereocenters.